The van der Waals surface area contributed by atoms with Crippen molar-refractivity contribution in [1.82, 2.24) is 14.1 Å². The minimum absolute atomic E-state index is 0.0898. The summed E-state index contributed by atoms with van der Waals surface area (Å²) < 4.78 is 80.4. The molecule has 3 rings (SSSR count). The third kappa shape index (κ3) is 7.36. The molecule has 37 heavy (non-hydrogen) atoms. The van der Waals surface area contributed by atoms with Crippen LogP contribution in [0.2, 0.25) is 0 Å². The van der Waals surface area contributed by atoms with Crippen molar-refractivity contribution in [2.24, 2.45) is 0 Å². The molecule has 2 aromatic carbocycles. The van der Waals surface area contributed by atoms with Gasteiger partial charge in [0.05, 0.1) is 21.7 Å². The van der Waals surface area contributed by atoms with Gasteiger partial charge in [-0.1, -0.05) is 67.0 Å². The maximum atomic E-state index is 13.4. The van der Waals surface area contributed by atoms with Crippen LogP contribution in [0, 0.1) is 0 Å². The van der Waals surface area contributed by atoms with Gasteiger partial charge in [-0.2, -0.15) is 31.3 Å². The van der Waals surface area contributed by atoms with Gasteiger partial charge in [-0.15, -0.1) is 0 Å². The van der Waals surface area contributed by atoms with Crippen molar-refractivity contribution in [3.63, 3.8) is 0 Å². The molecule has 0 aliphatic heterocycles. The number of anilines is 2. The molecule has 0 saturated carbocycles. The number of halogens is 7. The zero-order valence-electron chi connectivity index (χ0n) is 19.5. The number of hydrogen-bond acceptors (Lipinski definition) is 4. The molecular formula is C24H23F6IN4O2. The van der Waals surface area contributed by atoms with Gasteiger partial charge in [0.2, 0.25) is 5.95 Å². The van der Waals surface area contributed by atoms with Gasteiger partial charge in [-0.25, -0.2) is 14.2 Å². The van der Waals surface area contributed by atoms with Gasteiger partial charge in [0.25, 0.3) is 0 Å². The number of nitrogens with one attached hydrogen (secondary N) is 1. The van der Waals surface area contributed by atoms with Gasteiger partial charge >= 0.3 is 23.7 Å². The average Bonchev–Trinajstić information content (AvgIpc) is 2.81. The molecule has 0 saturated heterocycles. The van der Waals surface area contributed by atoms with E-state index in [4.69, 9.17) is 0 Å². The summed E-state index contributed by atoms with van der Waals surface area (Å²) in [6.07, 6.45) is -6.27. The van der Waals surface area contributed by atoms with E-state index in [1.165, 1.54) is 18.2 Å². The van der Waals surface area contributed by atoms with Crippen molar-refractivity contribution in [1.29, 1.82) is 0 Å². The second kappa shape index (κ2) is 11.7. The molecule has 0 spiro atoms. The lowest BCUT2D eigenvalue weighted by atomic mass is 10.1. The summed E-state index contributed by atoms with van der Waals surface area (Å²) in [5, 5.41) is 2.56. The first-order chi connectivity index (χ1) is 17.3. The molecule has 1 N–H and O–H groups in total. The fourth-order valence-corrected chi connectivity index (χ4v) is 4.52. The lowest BCUT2D eigenvalue weighted by molar-refractivity contribution is -0.138. The van der Waals surface area contributed by atoms with Crippen LogP contribution in [0.3, 0.4) is 0 Å². The monoisotopic (exact) mass is 640 g/mol. The molecule has 3 aromatic rings. The van der Waals surface area contributed by atoms with Crippen molar-refractivity contribution >= 4 is 34.2 Å². The van der Waals surface area contributed by atoms with E-state index in [9.17, 15) is 35.9 Å². The normalized spacial score (nSPS) is 13.0. The van der Waals surface area contributed by atoms with E-state index in [1.807, 2.05) is 29.5 Å². The number of alkyl halides is 7. The zero-order chi connectivity index (χ0) is 27.4. The van der Waals surface area contributed by atoms with Crippen LogP contribution in [0.25, 0.3) is 0 Å². The predicted molar refractivity (Wildman–Crippen MR) is 135 cm³/mol. The maximum Gasteiger partial charge on any atom is 0.416 e. The van der Waals surface area contributed by atoms with Crippen LogP contribution in [-0.2, 0) is 18.9 Å². The van der Waals surface area contributed by atoms with Gasteiger partial charge in [0.1, 0.15) is 0 Å². The Hall–Kier alpha value is -2.84. The number of unbranched alkanes of at least 4 members (excludes halogenated alkanes) is 2. The third-order valence-electron chi connectivity index (χ3n) is 5.47. The molecule has 1 unspecified atom stereocenters. The minimum atomic E-state index is -4.64. The van der Waals surface area contributed by atoms with Crippen LogP contribution in [0.5, 0.6) is 0 Å². The zero-order valence-corrected chi connectivity index (χ0v) is 21.7. The maximum absolute atomic E-state index is 13.4. The Morgan fingerprint density at radius 2 is 1.57 bits per heavy atom. The quantitative estimate of drug-likeness (QED) is 0.122. The van der Waals surface area contributed by atoms with Gasteiger partial charge in [0, 0.05) is 5.69 Å². The first-order valence-electron chi connectivity index (χ1n) is 11.3. The Balaban J connectivity index is 2.10. The molecule has 6 nitrogen and oxygen atoms in total. The number of aromatic nitrogens is 3. The molecule has 1 atom stereocenters. The van der Waals surface area contributed by atoms with E-state index in [2.05, 4.69) is 10.3 Å². The van der Waals surface area contributed by atoms with Crippen LogP contribution < -0.4 is 16.7 Å². The fraction of sp³-hybridized carbons (Fsp3) is 0.375. The highest BCUT2D eigenvalue weighted by Crippen LogP contribution is 2.32. The Kier molecular flexibility index (Phi) is 9.08. The summed E-state index contributed by atoms with van der Waals surface area (Å²) in [5.74, 6) is -0.389. The SMILES string of the molecule is CCCCCC(I)n1c(=O)nc(Nc2cccc(C(F)(F)F)c2)n(Cc2cccc(C(F)(F)F)c2)c1=O. The highest BCUT2D eigenvalue weighted by molar-refractivity contribution is 14.1. The molecule has 200 valence electrons. The number of nitrogens with zero attached hydrogens (tertiary/aromatic N) is 3. The summed E-state index contributed by atoms with van der Waals surface area (Å²) in [7, 11) is 0. The fourth-order valence-electron chi connectivity index (χ4n) is 3.61. The Morgan fingerprint density at radius 1 is 0.946 bits per heavy atom. The standard InChI is InChI=1S/C24H23F6IN4O2/c1-2-3-4-11-19(31)35-21(36)33-20(32-18-10-6-9-17(13-18)24(28,29)30)34(22(35)37)14-15-7-5-8-16(12-15)23(25,26)27/h5-10,12-13,19H,2-4,11,14H2,1H3,(H,32,33,36). The van der Waals surface area contributed by atoms with Crippen molar-refractivity contribution in [3.05, 3.63) is 86.2 Å². The second-order valence-electron chi connectivity index (χ2n) is 8.29. The Labute approximate surface area is 221 Å². The van der Waals surface area contributed by atoms with E-state index in [-0.39, 0.29) is 17.2 Å². The lowest BCUT2D eigenvalue weighted by Crippen LogP contribution is -2.43. The molecule has 0 radical (unpaired) electrons. The molecule has 0 fully saturated rings. The van der Waals surface area contributed by atoms with E-state index < -0.39 is 45.5 Å². The summed E-state index contributed by atoms with van der Waals surface area (Å²) in [6.45, 7) is 1.59. The Bertz CT molecular complexity index is 1350. The van der Waals surface area contributed by atoms with Crippen LogP contribution in [0.4, 0.5) is 38.0 Å². The van der Waals surface area contributed by atoms with Crippen LogP contribution in [-0.4, -0.2) is 14.1 Å². The molecule has 0 bridgehead atoms. The lowest BCUT2D eigenvalue weighted by Gasteiger charge is -2.19. The highest BCUT2D eigenvalue weighted by atomic mass is 127. The van der Waals surface area contributed by atoms with Gasteiger partial charge in [-0.3, -0.25) is 4.57 Å². The third-order valence-corrected chi connectivity index (χ3v) is 6.65. The highest BCUT2D eigenvalue weighted by Gasteiger charge is 2.31. The molecular weight excluding hydrogens is 617 g/mol. The van der Waals surface area contributed by atoms with Crippen molar-refractivity contribution < 1.29 is 26.3 Å². The molecule has 13 heteroatoms. The summed E-state index contributed by atoms with van der Waals surface area (Å²) in [4.78, 5) is 30.1. The number of hydrogen-bond donors (Lipinski definition) is 1. The van der Waals surface area contributed by atoms with Crippen molar-refractivity contribution in [2.45, 2.75) is 55.6 Å². The average molecular weight is 640 g/mol. The van der Waals surface area contributed by atoms with Crippen molar-refractivity contribution in [3.8, 4) is 0 Å². The van der Waals surface area contributed by atoms with E-state index in [0.717, 1.165) is 58.7 Å². The predicted octanol–water partition coefficient (Wildman–Crippen LogP) is 6.75. The topological polar surface area (TPSA) is 68.9 Å². The summed E-state index contributed by atoms with van der Waals surface area (Å²) in [5.41, 5.74) is -3.69. The molecule has 1 heterocycles. The first kappa shape index (κ1) is 28.7. The number of benzene rings is 2. The van der Waals surface area contributed by atoms with Crippen molar-refractivity contribution in [2.75, 3.05) is 5.32 Å². The molecule has 0 aliphatic rings. The smallest absolute Gasteiger partial charge is 0.325 e. The minimum Gasteiger partial charge on any atom is -0.325 e. The largest absolute Gasteiger partial charge is 0.416 e. The Morgan fingerprint density at radius 3 is 2.19 bits per heavy atom. The second-order valence-corrected chi connectivity index (χ2v) is 9.73. The summed E-state index contributed by atoms with van der Waals surface area (Å²) >= 11 is 1.93. The van der Waals surface area contributed by atoms with Crippen LogP contribution in [0.1, 0.15) is 53.3 Å². The van der Waals surface area contributed by atoms with Gasteiger partial charge < -0.3 is 5.32 Å². The molecule has 1 aromatic heterocycles. The van der Waals surface area contributed by atoms with E-state index in [0.29, 0.717) is 6.42 Å². The summed E-state index contributed by atoms with van der Waals surface area (Å²) in [6, 6.07) is 8.33. The van der Waals surface area contributed by atoms with E-state index >= 15 is 0 Å². The van der Waals surface area contributed by atoms with Crippen LogP contribution in [0.15, 0.2) is 58.1 Å². The van der Waals surface area contributed by atoms with Crippen LogP contribution >= 0.6 is 22.6 Å². The molecule has 0 amide bonds. The first-order valence-corrected chi connectivity index (χ1v) is 12.5. The number of rotatable bonds is 9. The van der Waals surface area contributed by atoms with Gasteiger partial charge in [-0.05, 0) is 42.3 Å². The van der Waals surface area contributed by atoms with E-state index in [1.54, 1.807) is 0 Å². The van der Waals surface area contributed by atoms with Gasteiger partial charge in [0.15, 0.2) is 0 Å². The molecule has 0 aliphatic carbocycles.